The first kappa shape index (κ1) is 9.19. The van der Waals surface area contributed by atoms with Crippen LogP contribution in [0.25, 0.3) is 0 Å². The van der Waals surface area contributed by atoms with E-state index in [-0.39, 0.29) is 11.8 Å². The summed E-state index contributed by atoms with van der Waals surface area (Å²) in [5.41, 5.74) is 2.05. The number of aromatic nitrogens is 1. The number of nitrogens with zero attached hydrogens (tertiary/aromatic N) is 1. The lowest BCUT2D eigenvalue weighted by molar-refractivity contribution is -0.140. The van der Waals surface area contributed by atoms with Crippen molar-refractivity contribution in [3.63, 3.8) is 0 Å². The summed E-state index contributed by atoms with van der Waals surface area (Å²) in [4.78, 5) is 15.1. The number of pyridine rings is 1. The fourth-order valence-electron chi connectivity index (χ4n) is 2.18. The number of fused-ring (bicyclic) bond motifs is 1. The minimum absolute atomic E-state index is 0.224. The molecule has 0 saturated heterocycles. The largest absolute Gasteiger partial charge is 0.481 e. The van der Waals surface area contributed by atoms with E-state index >= 15 is 0 Å². The van der Waals surface area contributed by atoms with Gasteiger partial charge in [-0.25, -0.2) is 0 Å². The number of aliphatic carboxylic acids is 1. The number of carboxylic acid groups (broad SMARTS) is 1. The van der Waals surface area contributed by atoms with Gasteiger partial charge in [0.2, 0.25) is 0 Å². The second-order valence-corrected chi connectivity index (χ2v) is 3.91. The van der Waals surface area contributed by atoms with Gasteiger partial charge in [-0.1, -0.05) is 6.92 Å². The van der Waals surface area contributed by atoms with Crippen molar-refractivity contribution in [1.29, 1.82) is 0 Å². The second-order valence-electron chi connectivity index (χ2n) is 3.91. The van der Waals surface area contributed by atoms with Crippen LogP contribution in [-0.2, 0) is 11.2 Å². The molecule has 0 spiro atoms. The molecule has 1 heterocycles. The normalized spacial score (nSPS) is 25.5. The van der Waals surface area contributed by atoms with E-state index in [1.807, 2.05) is 13.0 Å². The quantitative estimate of drug-likeness (QED) is 0.736. The van der Waals surface area contributed by atoms with E-state index in [1.54, 1.807) is 12.4 Å². The van der Waals surface area contributed by atoms with Crippen molar-refractivity contribution in [2.75, 3.05) is 0 Å². The van der Waals surface area contributed by atoms with Gasteiger partial charge in [-0.3, -0.25) is 9.78 Å². The Morgan fingerprint density at radius 1 is 1.64 bits per heavy atom. The third-order valence-electron chi connectivity index (χ3n) is 2.98. The number of aryl methyl sites for hydroxylation is 1. The van der Waals surface area contributed by atoms with Crippen molar-refractivity contribution >= 4 is 5.97 Å². The molecule has 0 radical (unpaired) electrons. The van der Waals surface area contributed by atoms with Gasteiger partial charge in [0.25, 0.3) is 0 Å². The van der Waals surface area contributed by atoms with Crippen LogP contribution in [0.5, 0.6) is 0 Å². The van der Waals surface area contributed by atoms with Gasteiger partial charge in [-0.2, -0.15) is 0 Å². The second kappa shape index (κ2) is 3.40. The zero-order chi connectivity index (χ0) is 10.1. The Morgan fingerprint density at radius 2 is 2.43 bits per heavy atom. The molecule has 1 N–H and O–H groups in total. The van der Waals surface area contributed by atoms with Crippen molar-refractivity contribution in [2.24, 2.45) is 5.92 Å². The van der Waals surface area contributed by atoms with Crippen LogP contribution in [0, 0.1) is 5.92 Å². The summed E-state index contributed by atoms with van der Waals surface area (Å²) in [5.74, 6) is -0.839. The molecule has 0 aromatic carbocycles. The third-order valence-corrected chi connectivity index (χ3v) is 2.98. The Labute approximate surface area is 82.8 Å². The lowest BCUT2D eigenvalue weighted by atomic mass is 9.77. The highest BCUT2D eigenvalue weighted by Crippen LogP contribution is 2.35. The van der Waals surface area contributed by atoms with Gasteiger partial charge in [0.05, 0.1) is 5.92 Å². The summed E-state index contributed by atoms with van der Waals surface area (Å²) >= 11 is 0. The van der Waals surface area contributed by atoms with Gasteiger partial charge >= 0.3 is 5.97 Å². The van der Waals surface area contributed by atoms with Crippen LogP contribution in [0.4, 0.5) is 0 Å². The third kappa shape index (κ3) is 1.39. The standard InChI is InChI=1S/C11H13NO2/c1-7-2-3-8-6-12-5-4-9(8)10(7)11(13)14/h4-7,10H,2-3H2,1H3,(H,13,14). The first-order chi connectivity index (χ1) is 6.70. The van der Waals surface area contributed by atoms with E-state index < -0.39 is 5.97 Å². The lowest BCUT2D eigenvalue weighted by Crippen LogP contribution is -2.25. The van der Waals surface area contributed by atoms with E-state index in [4.69, 9.17) is 5.11 Å². The summed E-state index contributed by atoms with van der Waals surface area (Å²) in [5, 5.41) is 9.14. The van der Waals surface area contributed by atoms with Crippen molar-refractivity contribution in [3.05, 3.63) is 29.6 Å². The molecule has 1 aromatic heterocycles. The van der Waals surface area contributed by atoms with Gasteiger partial charge in [0.15, 0.2) is 0 Å². The minimum atomic E-state index is -0.718. The molecule has 1 aliphatic carbocycles. The van der Waals surface area contributed by atoms with Crippen LogP contribution in [0.15, 0.2) is 18.5 Å². The highest BCUT2D eigenvalue weighted by atomic mass is 16.4. The fraction of sp³-hybridized carbons (Fsp3) is 0.455. The Kier molecular flexibility index (Phi) is 2.23. The summed E-state index contributed by atoms with van der Waals surface area (Å²) in [6.45, 7) is 2.00. The predicted octanol–water partition coefficient (Wildman–Crippen LogP) is 1.83. The molecule has 0 saturated carbocycles. The number of carbonyl (C=O) groups is 1. The topological polar surface area (TPSA) is 50.2 Å². The zero-order valence-corrected chi connectivity index (χ0v) is 8.10. The molecule has 0 amide bonds. The number of hydrogen-bond donors (Lipinski definition) is 1. The monoisotopic (exact) mass is 191 g/mol. The van der Waals surface area contributed by atoms with E-state index in [2.05, 4.69) is 4.98 Å². The summed E-state index contributed by atoms with van der Waals surface area (Å²) in [6.07, 6.45) is 5.35. The molecule has 74 valence electrons. The summed E-state index contributed by atoms with van der Waals surface area (Å²) < 4.78 is 0. The van der Waals surface area contributed by atoms with Crippen LogP contribution < -0.4 is 0 Å². The lowest BCUT2D eigenvalue weighted by Gasteiger charge is -2.27. The number of rotatable bonds is 1. The van der Waals surface area contributed by atoms with E-state index in [0.717, 1.165) is 24.0 Å². The molecule has 2 atom stereocenters. The van der Waals surface area contributed by atoms with Gasteiger partial charge in [-0.15, -0.1) is 0 Å². The molecule has 2 unspecified atom stereocenters. The van der Waals surface area contributed by atoms with Crippen molar-refractivity contribution in [1.82, 2.24) is 4.98 Å². The first-order valence-electron chi connectivity index (χ1n) is 4.85. The Morgan fingerprint density at radius 3 is 3.14 bits per heavy atom. The molecular weight excluding hydrogens is 178 g/mol. The summed E-state index contributed by atoms with van der Waals surface area (Å²) in [7, 11) is 0. The average Bonchev–Trinajstić information content (AvgIpc) is 2.17. The Hall–Kier alpha value is -1.38. The number of carboxylic acids is 1. The number of hydrogen-bond acceptors (Lipinski definition) is 2. The van der Waals surface area contributed by atoms with Gasteiger partial charge in [-0.05, 0) is 36.0 Å². The van der Waals surface area contributed by atoms with Gasteiger partial charge < -0.3 is 5.11 Å². The van der Waals surface area contributed by atoms with Crippen molar-refractivity contribution in [2.45, 2.75) is 25.7 Å². The SMILES string of the molecule is CC1CCc2cnccc2C1C(=O)O. The van der Waals surface area contributed by atoms with Crippen molar-refractivity contribution in [3.8, 4) is 0 Å². The van der Waals surface area contributed by atoms with Crippen LogP contribution >= 0.6 is 0 Å². The molecular formula is C11H13NO2. The smallest absolute Gasteiger partial charge is 0.311 e. The van der Waals surface area contributed by atoms with E-state index in [0.29, 0.717) is 0 Å². The Bertz CT molecular complexity index is 362. The molecule has 2 rings (SSSR count). The molecule has 1 aliphatic rings. The van der Waals surface area contributed by atoms with Crippen LogP contribution in [0.1, 0.15) is 30.4 Å². The first-order valence-corrected chi connectivity index (χ1v) is 4.85. The predicted molar refractivity (Wildman–Crippen MR) is 52.1 cm³/mol. The molecule has 3 nitrogen and oxygen atoms in total. The maximum Gasteiger partial charge on any atom is 0.311 e. The van der Waals surface area contributed by atoms with Gasteiger partial charge in [0, 0.05) is 12.4 Å². The molecule has 0 fully saturated rings. The zero-order valence-electron chi connectivity index (χ0n) is 8.10. The van der Waals surface area contributed by atoms with Crippen LogP contribution in [-0.4, -0.2) is 16.1 Å². The molecule has 14 heavy (non-hydrogen) atoms. The van der Waals surface area contributed by atoms with Crippen LogP contribution in [0.3, 0.4) is 0 Å². The molecule has 1 aromatic rings. The molecule has 0 aliphatic heterocycles. The molecule has 3 heteroatoms. The van der Waals surface area contributed by atoms with Crippen molar-refractivity contribution < 1.29 is 9.90 Å². The Balaban J connectivity index is 2.46. The van der Waals surface area contributed by atoms with Crippen LogP contribution in [0.2, 0.25) is 0 Å². The maximum absolute atomic E-state index is 11.1. The van der Waals surface area contributed by atoms with E-state index in [1.165, 1.54) is 0 Å². The fourth-order valence-corrected chi connectivity index (χ4v) is 2.18. The molecule has 0 bridgehead atoms. The highest BCUT2D eigenvalue weighted by molar-refractivity contribution is 5.77. The highest BCUT2D eigenvalue weighted by Gasteiger charge is 2.31. The summed E-state index contributed by atoms with van der Waals surface area (Å²) in [6, 6.07) is 1.84. The maximum atomic E-state index is 11.1. The average molecular weight is 191 g/mol. The van der Waals surface area contributed by atoms with E-state index in [9.17, 15) is 4.79 Å². The van der Waals surface area contributed by atoms with Gasteiger partial charge in [0.1, 0.15) is 0 Å². The minimum Gasteiger partial charge on any atom is -0.481 e.